The number of carbonyl (C=O) groups excluding carboxylic acids is 3. The monoisotopic (exact) mass is 495 g/mol. The number of carboxylic acids is 1. The van der Waals surface area contributed by atoms with Gasteiger partial charge in [0.2, 0.25) is 5.91 Å². The molecule has 0 spiro atoms. The van der Waals surface area contributed by atoms with Gasteiger partial charge in [0, 0.05) is 24.2 Å². The lowest BCUT2D eigenvalue weighted by Gasteiger charge is -2.19. The maximum atomic E-state index is 12.9. The Kier molecular flexibility index (Phi) is 7.69. The van der Waals surface area contributed by atoms with Crippen LogP contribution in [0.4, 0.5) is 0 Å². The summed E-state index contributed by atoms with van der Waals surface area (Å²) in [7, 11) is -2.28. The highest BCUT2D eigenvalue weighted by atomic mass is 16.5. The van der Waals surface area contributed by atoms with E-state index in [1.54, 1.807) is 18.2 Å². The number of carboxylic acid groups (broad SMARTS) is 1. The van der Waals surface area contributed by atoms with E-state index in [2.05, 4.69) is 16.0 Å². The van der Waals surface area contributed by atoms with Crippen molar-refractivity contribution in [2.75, 3.05) is 13.1 Å². The summed E-state index contributed by atoms with van der Waals surface area (Å²) >= 11 is 0. The van der Waals surface area contributed by atoms with Gasteiger partial charge in [-0.25, -0.2) is 0 Å². The van der Waals surface area contributed by atoms with Crippen LogP contribution < -0.4 is 26.9 Å². The second-order valence-corrected chi connectivity index (χ2v) is 8.32. The van der Waals surface area contributed by atoms with E-state index in [-0.39, 0.29) is 43.9 Å². The lowest BCUT2D eigenvalue weighted by Crippen LogP contribution is -2.53. The first-order valence-corrected chi connectivity index (χ1v) is 11.2. The molecule has 1 atom stereocenters. The topological polar surface area (TPSA) is 184 Å². The van der Waals surface area contributed by atoms with Crippen molar-refractivity contribution >= 4 is 48.9 Å². The van der Waals surface area contributed by atoms with Crippen molar-refractivity contribution in [3.63, 3.8) is 0 Å². The standard InChI is InChI=1S/C22H23B2N3O9/c28-19(29)5-6-25-22(32)18(27-21(31)13-2-4-15-11-36-24(34)17(15)8-13)9-26-20(30)12-1-3-14-10-35-23(33)16(14)7-12/h1-4,7-8,18,33-34H,5-6,9-11H2,(H,25,32)(H,26,30)(H,27,31)(H,28,29)/t18-/m0/s1. The Hall–Kier alpha value is -3.71. The predicted molar refractivity (Wildman–Crippen MR) is 127 cm³/mol. The van der Waals surface area contributed by atoms with E-state index in [9.17, 15) is 29.2 Å². The Morgan fingerprint density at radius 1 is 0.861 bits per heavy atom. The van der Waals surface area contributed by atoms with Crippen molar-refractivity contribution in [3.8, 4) is 0 Å². The zero-order valence-electron chi connectivity index (χ0n) is 19.0. The van der Waals surface area contributed by atoms with E-state index in [1.807, 2.05) is 0 Å². The van der Waals surface area contributed by atoms with Gasteiger partial charge in [0.25, 0.3) is 11.8 Å². The van der Waals surface area contributed by atoms with E-state index >= 15 is 0 Å². The molecule has 0 aliphatic carbocycles. The SMILES string of the molecule is O=C(O)CCNC(=O)[C@H](CNC(=O)c1ccc2c(c1)B(O)OC2)NC(=O)c1ccc2c(c1)B(O)OC2. The van der Waals surface area contributed by atoms with Gasteiger partial charge >= 0.3 is 20.2 Å². The van der Waals surface area contributed by atoms with Crippen molar-refractivity contribution < 1.29 is 43.6 Å². The molecule has 0 unspecified atom stereocenters. The summed E-state index contributed by atoms with van der Waals surface area (Å²) in [6.45, 7) is -0.0182. The van der Waals surface area contributed by atoms with Gasteiger partial charge in [-0.1, -0.05) is 12.1 Å². The summed E-state index contributed by atoms with van der Waals surface area (Å²) in [5.74, 6) is -2.98. The van der Waals surface area contributed by atoms with Gasteiger partial charge in [0.15, 0.2) is 0 Å². The van der Waals surface area contributed by atoms with Crippen LogP contribution in [0, 0.1) is 0 Å². The number of amides is 3. The Labute approximate surface area is 206 Å². The third-order valence-corrected chi connectivity index (χ3v) is 5.87. The van der Waals surface area contributed by atoms with E-state index in [4.69, 9.17) is 14.4 Å². The highest BCUT2D eigenvalue weighted by Gasteiger charge is 2.30. The van der Waals surface area contributed by atoms with Crippen molar-refractivity contribution in [2.24, 2.45) is 0 Å². The van der Waals surface area contributed by atoms with Gasteiger partial charge in [-0.15, -0.1) is 0 Å². The fourth-order valence-electron chi connectivity index (χ4n) is 3.88. The van der Waals surface area contributed by atoms with Crippen molar-refractivity contribution in [3.05, 3.63) is 58.7 Å². The molecular formula is C22H23B2N3O9. The summed E-state index contributed by atoms with van der Waals surface area (Å²) in [4.78, 5) is 49.0. The summed E-state index contributed by atoms with van der Waals surface area (Å²) in [6.07, 6.45) is -0.318. The number of rotatable bonds is 9. The number of fused-ring (bicyclic) bond motifs is 2. The second-order valence-electron chi connectivity index (χ2n) is 8.32. The largest absolute Gasteiger partial charge is 0.491 e. The second kappa shape index (κ2) is 10.9. The summed E-state index contributed by atoms with van der Waals surface area (Å²) < 4.78 is 10.2. The summed E-state index contributed by atoms with van der Waals surface area (Å²) in [6, 6.07) is 8.08. The molecule has 0 aromatic heterocycles. The van der Waals surface area contributed by atoms with Crippen LogP contribution in [0.25, 0.3) is 0 Å². The normalized spacial score (nSPS) is 14.6. The molecule has 36 heavy (non-hydrogen) atoms. The maximum Gasteiger partial charge on any atom is 0.491 e. The Morgan fingerprint density at radius 2 is 1.42 bits per heavy atom. The quantitative estimate of drug-likeness (QED) is 0.201. The molecule has 4 rings (SSSR count). The first-order chi connectivity index (χ1) is 17.2. The fraction of sp³-hybridized carbons (Fsp3) is 0.273. The van der Waals surface area contributed by atoms with Crippen LogP contribution in [0.1, 0.15) is 38.3 Å². The maximum absolute atomic E-state index is 12.9. The average molecular weight is 495 g/mol. The Balaban J connectivity index is 1.45. The van der Waals surface area contributed by atoms with Crippen molar-refractivity contribution in [1.29, 1.82) is 0 Å². The van der Waals surface area contributed by atoms with Gasteiger partial charge in [-0.05, 0) is 46.3 Å². The molecular weight excluding hydrogens is 472 g/mol. The predicted octanol–water partition coefficient (Wildman–Crippen LogP) is -2.76. The van der Waals surface area contributed by atoms with Gasteiger partial charge in [-0.3, -0.25) is 19.2 Å². The average Bonchev–Trinajstić information content (AvgIpc) is 3.42. The van der Waals surface area contributed by atoms with Crippen LogP contribution in [0.2, 0.25) is 0 Å². The van der Waals surface area contributed by atoms with Crippen molar-refractivity contribution in [2.45, 2.75) is 25.7 Å². The summed E-state index contributed by atoms with van der Waals surface area (Å²) in [5, 5.41) is 36.1. The van der Waals surface area contributed by atoms with Crippen LogP contribution in [-0.2, 0) is 32.1 Å². The molecule has 14 heteroatoms. The lowest BCUT2D eigenvalue weighted by molar-refractivity contribution is -0.137. The number of hydrogen-bond acceptors (Lipinski definition) is 8. The van der Waals surface area contributed by atoms with Crippen molar-refractivity contribution in [1.82, 2.24) is 16.0 Å². The van der Waals surface area contributed by atoms with Crippen LogP contribution in [0.15, 0.2) is 36.4 Å². The number of benzene rings is 2. The fourth-order valence-corrected chi connectivity index (χ4v) is 3.88. The molecule has 2 aliphatic rings. The minimum absolute atomic E-state index is 0.167. The highest BCUT2D eigenvalue weighted by Crippen LogP contribution is 2.13. The molecule has 0 fully saturated rings. The van der Waals surface area contributed by atoms with Crippen LogP contribution in [-0.4, -0.2) is 72.2 Å². The van der Waals surface area contributed by atoms with E-state index < -0.39 is 44.0 Å². The zero-order valence-corrected chi connectivity index (χ0v) is 19.0. The van der Waals surface area contributed by atoms with Crippen LogP contribution >= 0.6 is 0 Å². The molecule has 12 nitrogen and oxygen atoms in total. The molecule has 2 aliphatic heterocycles. The Bertz CT molecular complexity index is 1210. The third-order valence-electron chi connectivity index (χ3n) is 5.87. The van der Waals surface area contributed by atoms with Gasteiger partial charge in [0.1, 0.15) is 6.04 Å². The third kappa shape index (κ3) is 5.74. The molecule has 0 radical (unpaired) electrons. The number of carbonyl (C=O) groups is 4. The van der Waals surface area contributed by atoms with Crippen LogP contribution in [0.3, 0.4) is 0 Å². The van der Waals surface area contributed by atoms with Gasteiger partial charge in [0.05, 0.1) is 19.6 Å². The number of aliphatic carboxylic acids is 1. The molecule has 0 saturated heterocycles. The van der Waals surface area contributed by atoms with Crippen LogP contribution in [0.5, 0.6) is 0 Å². The smallest absolute Gasteiger partial charge is 0.481 e. The first kappa shape index (κ1) is 25.4. The van der Waals surface area contributed by atoms with E-state index in [0.29, 0.717) is 10.9 Å². The van der Waals surface area contributed by atoms with E-state index in [0.717, 1.165) is 11.1 Å². The highest BCUT2D eigenvalue weighted by molar-refractivity contribution is 6.62. The number of nitrogens with one attached hydrogen (secondary N) is 3. The molecule has 6 N–H and O–H groups in total. The molecule has 2 aromatic rings. The summed E-state index contributed by atoms with van der Waals surface area (Å²) in [5.41, 5.74) is 2.80. The van der Waals surface area contributed by atoms with Gasteiger partial charge < -0.3 is 40.4 Å². The molecule has 2 aromatic carbocycles. The molecule has 3 amide bonds. The zero-order chi connectivity index (χ0) is 25.8. The number of hydrogen-bond donors (Lipinski definition) is 6. The van der Waals surface area contributed by atoms with Gasteiger partial charge in [-0.2, -0.15) is 0 Å². The van der Waals surface area contributed by atoms with E-state index in [1.165, 1.54) is 18.2 Å². The molecule has 0 saturated carbocycles. The Morgan fingerprint density at radius 3 is 1.97 bits per heavy atom. The first-order valence-electron chi connectivity index (χ1n) is 11.2. The molecule has 186 valence electrons. The minimum Gasteiger partial charge on any atom is -0.481 e. The molecule has 0 bridgehead atoms. The molecule has 2 heterocycles. The lowest BCUT2D eigenvalue weighted by atomic mass is 9.78. The minimum atomic E-state index is -1.23.